The molecule has 0 aliphatic heterocycles. The average Bonchev–Trinajstić information content (AvgIpc) is 1.53. The van der Waals surface area contributed by atoms with Crippen molar-refractivity contribution in [3.63, 3.8) is 0 Å². The Kier molecular flexibility index (Phi) is 13.9. The highest BCUT2D eigenvalue weighted by Crippen LogP contribution is 2.46. The van der Waals surface area contributed by atoms with Crippen molar-refractivity contribution in [1.29, 1.82) is 10.5 Å². The van der Waals surface area contributed by atoms with E-state index in [2.05, 4.69) is 83.4 Å². The molecule has 0 bridgehead atoms. The van der Waals surface area contributed by atoms with Crippen molar-refractivity contribution < 1.29 is 13.2 Å². The molecule has 8 nitrogen and oxygen atoms in total. The Hall–Kier alpha value is -12.8. The van der Waals surface area contributed by atoms with Crippen molar-refractivity contribution in [2.45, 2.75) is 6.18 Å². The first-order valence-electron chi connectivity index (χ1n) is 30.6. The Morgan fingerprint density at radius 1 is 0.298 bits per heavy atom. The van der Waals surface area contributed by atoms with E-state index in [9.17, 15) is 10.5 Å². The third-order valence-corrected chi connectivity index (χ3v) is 17.6. The highest BCUT2D eigenvalue weighted by Gasteiger charge is 2.33. The Labute approximate surface area is 538 Å². The number of fused-ring (bicyclic) bond motifs is 6. The maximum atomic E-state index is 15.3. The van der Waals surface area contributed by atoms with Gasteiger partial charge in [-0.15, -0.1) is 0 Å². The second-order valence-electron chi connectivity index (χ2n) is 23.2. The van der Waals surface area contributed by atoms with Crippen molar-refractivity contribution in [3.8, 4) is 124 Å². The van der Waals surface area contributed by atoms with Gasteiger partial charge < -0.3 is 9.13 Å². The van der Waals surface area contributed by atoms with E-state index in [0.29, 0.717) is 22.4 Å². The van der Waals surface area contributed by atoms with Crippen LogP contribution in [0.4, 0.5) is 13.2 Å². The van der Waals surface area contributed by atoms with Crippen LogP contribution in [0.3, 0.4) is 0 Å². The number of halogens is 3. The average molecular weight is 1220 g/mol. The summed E-state index contributed by atoms with van der Waals surface area (Å²) in [4.78, 5) is 19.7. The van der Waals surface area contributed by atoms with E-state index in [-0.39, 0.29) is 22.3 Å². The van der Waals surface area contributed by atoms with Crippen LogP contribution in [-0.4, -0.2) is 29.1 Å². The van der Waals surface area contributed by atoms with Gasteiger partial charge in [-0.3, -0.25) is 19.9 Å². The van der Waals surface area contributed by atoms with Gasteiger partial charge in [-0.05, 0) is 101 Å². The van der Waals surface area contributed by atoms with E-state index in [1.165, 1.54) is 6.07 Å². The van der Waals surface area contributed by atoms with Crippen molar-refractivity contribution in [2.75, 3.05) is 0 Å². The summed E-state index contributed by atoms with van der Waals surface area (Å²) in [7, 11) is 0. The Morgan fingerprint density at radius 2 is 0.638 bits per heavy atom. The van der Waals surface area contributed by atoms with Crippen LogP contribution in [0, 0.1) is 22.7 Å². The van der Waals surface area contributed by atoms with Crippen molar-refractivity contribution in [2.24, 2.45) is 0 Å². The largest absolute Gasteiger partial charge is 0.416 e. The van der Waals surface area contributed by atoms with Gasteiger partial charge in [0.25, 0.3) is 0 Å². The predicted molar refractivity (Wildman–Crippen MR) is 370 cm³/mol. The molecule has 0 saturated carbocycles. The van der Waals surface area contributed by atoms with Gasteiger partial charge in [0.1, 0.15) is 11.6 Å². The summed E-state index contributed by atoms with van der Waals surface area (Å²) in [6.07, 6.45) is 2.59. The number of alkyl halides is 3. The summed E-state index contributed by atoms with van der Waals surface area (Å²) < 4.78 is 49.9. The first-order chi connectivity index (χ1) is 46.1. The van der Waals surface area contributed by atoms with Crippen LogP contribution in [0.5, 0.6) is 0 Å². The molecule has 0 atom stereocenters. The number of nitrogens with zero attached hydrogens (tertiary/aromatic N) is 8. The third-order valence-electron chi connectivity index (χ3n) is 17.6. The smallest absolute Gasteiger partial charge is 0.308 e. The molecule has 11 heteroatoms. The molecule has 16 rings (SSSR count). The quantitative estimate of drug-likeness (QED) is 0.128. The van der Waals surface area contributed by atoms with E-state index in [1.807, 2.05) is 211 Å². The van der Waals surface area contributed by atoms with Crippen LogP contribution in [0.1, 0.15) is 16.7 Å². The van der Waals surface area contributed by atoms with Crippen LogP contribution in [0.15, 0.2) is 298 Å². The van der Waals surface area contributed by atoms with Crippen molar-refractivity contribution >= 4 is 43.6 Å². The lowest BCUT2D eigenvalue weighted by atomic mass is 9.95. The van der Waals surface area contributed by atoms with Crippen LogP contribution >= 0.6 is 0 Å². The zero-order valence-electron chi connectivity index (χ0n) is 50.0. The summed E-state index contributed by atoms with van der Waals surface area (Å²) in [6.45, 7) is 0. The van der Waals surface area contributed by atoms with E-state index in [1.54, 1.807) is 6.07 Å². The van der Waals surface area contributed by atoms with Gasteiger partial charge in [0.15, 0.2) is 0 Å². The molecule has 6 heterocycles. The molecule has 6 aromatic heterocycles. The molecule has 0 saturated heterocycles. The predicted octanol–water partition coefficient (Wildman–Crippen LogP) is 21.2. The number of benzene rings is 10. The standard InChI is InChI=1S/C83H49F3N8/c84-83(85,86)66-40-52(46-87)39-65(41-66)67-33-38-77(93-78-42-57(61-25-34-73(89-48-61)53-13-5-1-6-14-53)21-29-68(78)69-30-22-58(43-79(69)93)62-26-35-74(90-49-62)54-15-7-2-8-16-54)72(47-88)82(67)94-80-44-59(63-27-36-75(91-50-63)55-17-9-3-10-18-55)23-31-70(80)71-32-24-60(45-81(71)94)64-28-37-76(92-51-64)56-19-11-4-12-20-56/h1-45,48-51H. The fourth-order valence-corrected chi connectivity index (χ4v) is 13.0. The molecule has 0 aliphatic carbocycles. The van der Waals surface area contributed by atoms with Gasteiger partial charge in [-0.2, -0.15) is 23.7 Å². The number of aromatic nitrogens is 6. The maximum absolute atomic E-state index is 15.3. The molecule has 0 aliphatic rings. The number of rotatable bonds is 11. The maximum Gasteiger partial charge on any atom is 0.416 e. The monoisotopic (exact) mass is 1210 g/mol. The summed E-state index contributed by atoms with van der Waals surface area (Å²) in [5, 5.41) is 26.3. The SMILES string of the molecule is N#Cc1cc(-c2ccc(-n3c4cc(-c5ccc(-c6ccccc6)nc5)ccc4c4ccc(-c5ccc(-c6ccccc6)nc5)cc43)c(C#N)c2-n2c3cc(-c4ccc(-c5ccccc5)nc4)ccc3c3ccc(-c4ccc(-c5ccccc5)nc4)cc32)cc(C(F)(F)F)c1. The lowest BCUT2D eigenvalue weighted by Crippen LogP contribution is -2.08. The van der Waals surface area contributed by atoms with Crippen molar-refractivity contribution in [1.82, 2.24) is 29.1 Å². The molecule has 0 N–H and O–H groups in total. The van der Waals surface area contributed by atoms with Crippen LogP contribution in [0.25, 0.3) is 156 Å². The van der Waals surface area contributed by atoms with E-state index in [0.717, 1.165) is 134 Å². The minimum atomic E-state index is -4.82. The molecule has 0 fully saturated rings. The highest BCUT2D eigenvalue weighted by molar-refractivity contribution is 6.14. The van der Waals surface area contributed by atoms with E-state index >= 15 is 13.2 Å². The fraction of sp³-hybridized carbons (Fsp3) is 0.0120. The molecule has 0 unspecified atom stereocenters. The molecule has 94 heavy (non-hydrogen) atoms. The van der Waals surface area contributed by atoms with Gasteiger partial charge >= 0.3 is 6.18 Å². The first kappa shape index (κ1) is 56.4. The van der Waals surface area contributed by atoms with Gasteiger partial charge in [-0.1, -0.05) is 200 Å². The van der Waals surface area contributed by atoms with E-state index < -0.39 is 11.7 Å². The Morgan fingerprint density at radius 3 is 0.947 bits per heavy atom. The number of nitriles is 2. The highest BCUT2D eigenvalue weighted by atomic mass is 19.4. The normalized spacial score (nSPS) is 11.5. The van der Waals surface area contributed by atoms with Gasteiger partial charge in [0.2, 0.25) is 0 Å². The van der Waals surface area contributed by atoms with Crippen LogP contribution < -0.4 is 0 Å². The second-order valence-corrected chi connectivity index (χ2v) is 23.2. The molecule has 16 aromatic rings. The minimum Gasteiger partial charge on any atom is -0.308 e. The molecule has 0 radical (unpaired) electrons. The molecule has 10 aromatic carbocycles. The zero-order valence-corrected chi connectivity index (χ0v) is 50.0. The summed E-state index contributed by atoms with van der Waals surface area (Å²) in [6, 6.07) is 92.6. The van der Waals surface area contributed by atoms with Crippen LogP contribution in [0.2, 0.25) is 0 Å². The Balaban J connectivity index is 0.983. The number of hydrogen-bond acceptors (Lipinski definition) is 6. The molecular formula is C83H49F3N8. The summed E-state index contributed by atoms with van der Waals surface area (Å²) in [5.74, 6) is 0. The lowest BCUT2D eigenvalue weighted by Gasteiger charge is -2.21. The second kappa shape index (κ2) is 23.2. The van der Waals surface area contributed by atoms with Gasteiger partial charge in [-0.25, -0.2) is 0 Å². The first-order valence-corrected chi connectivity index (χ1v) is 30.6. The minimum absolute atomic E-state index is 0.0952. The lowest BCUT2D eigenvalue weighted by molar-refractivity contribution is -0.137. The number of pyridine rings is 4. The van der Waals surface area contributed by atoms with Crippen molar-refractivity contribution in [3.05, 3.63) is 314 Å². The van der Waals surface area contributed by atoms with E-state index in [4.69, 9.17) is 19.9 Å². The molecule has 442 valence electrons. The van der Waals surface area contributed by atoms with Gasteiger partial charge in [0, 0.05) is 96.4 Å². The zero-order chi connectivity index (χ0) is 63.4. The summed E-state index contributed by atoms with van der Waals surface area (Å²) >= 11 is 0. The van der Waals surface area contributed by atoms with Crippen LogP contribution in [-0.2, 0) is 6.18 Å². The topological polar surface area (TPSA) is 109 Å². The molecule has 0 amide bonds. The third kappa shape index (κ3) is 10.2. The Bertz CT molecular complexity index is 5400. The molecule has 0 spiro atoms. The van der Waals surface area contributed by atoms with Gasteiger partial charge in [0.05, 0.1) is 73.4 Å². The summed E-state index contributed by atoms with van der Waals surface area (Å²) in [5.41, 5.74) is 16.9. The number of hydrogen-bond donors (Lipinski definition) is 0. The fourth-order valence-electron chi connectivity index (χ4n) is 13.0. The molecular weight excluding hydrogens is 1170 g/mol.